The van der Waals surface area contributed by atoms with E-state index in [0.29, 0.717) is 11.7 Å². The van der Waals surface area contributed by atoms with Crippen molar-refractivity contribution in [1.82, 2.24) is 14.9 Å². The normalized spacial score (nSPS) is 15.9. The predicted molar refractivity (Wildman–Crippen MR) is 77.4 cm³/mol. The highest BCUT2D eigenvalue weighted by Crippen LogP contribution is 2.20. The van der Waals surface area contributed by atoms with Crippen molar-refractivity contribution in [3.05, 3.63) is 47.8 Å². The Morgan fingerprint density at radius 1 is 1.35 bits per heavy atom. The number of hydrogen-bond donors (Lipinski definition) is 1. The molecule has 1 fully saturated rings. The fraction of sp³-hybridized carbons (Fsp3) is 0.438. The number of rotatable bonds is 4. The molecule has 0 spiro atoms. The highest BCUT2D eigenvalue weighted by molar-refractivity contribution is 5.37. The van der Waals surface area contributed by atoms with Crippen LogP contribution in [0.15, 0.2) is 30.6 Å². The minimum atomic E-state index is -0.197. The maximum absolute atomic E-state index is 14.2. The lowest BCUT2D eigenvalue weighted by Gasteiger charge is -2.13. The SMILES string of the molecule is Cc1nccn1-c1ccc(CNC2CCCC2)cc1F. The van der Waals surface area contributed by atoms with E-state index in [4.69, 9.17) is 0 Å². The van der Waals surface area contributed by atoms with Crippen molar-refractivity contribution < 1.29 is 4.39 Å². The molecule has 0 amide bonds. The van der Waals surface area contributed by atoms with Gasteiger partial charge in [0.2, 0.25) is 0 Å². The molecule has 4 heteroatoms. The van der Waals surface area contributed by atoms with Crippen LogP contribution in [-0.2, 0) is 6.54 Å². The highest BCUT2D eigenvalue weighted by Gasteiger charge is 2.14. The first-order valence-electron chi connectivity index (χ1n) is 7.26. The van der Waals surface area contributed by atoms with E-state index in [2.05, 4.69) is 10.3 Å². The van der Waals surface area contributed by atoms with Crippen molar-refractivity contribution in [2.45, 2.75) is 45.2 Å². The average molecular weight is 273 g/mol. The summed E-state index contributed by atoms with van der Waals surface area (Å²) in [5.74, 6) is 0.595. The molecular formula is C16H20FN3. The molecule has 0 unspecified atom stereocenters. The molecule has 1 saturated carbocycles. The average Bonchev–Trinajstić information content (AvgIpc) is 3.08. The van der Waals surface area contributed by atoms with E-state index >= 15 is 0 Å². The van der Waals surface area contributed by atoms with E-state index in [-0.39, 0.29) is 5.82 Å². The van der Waals surface area contributed by atoms with Crippen molar-refractivity contribution in [3.8, 4) is 5.69 Å². The van der Waals surface area contributed by atoms with E-state index in [1.165, 1.54) is 25.7 Å². The molecule has 3 rings (SSSR count). The van der Waals surface area contributed by atoms with Gasteiger partial charge in [0.25, 0.3) is 0 Å². The zero-order valence-electron chi connectivity index (χ0n) is 11.8. The van der Waals surface area contributed by atoms with Crippen molar-refractivity contribution in [1.29, 1.82) is 0 Å². The van der Waals surface area contributed by atoms with Gasteiger partial charge in [0.05, 0.1) is 5.69 Å². The molecular weight excluding hydrogens is 253 g/mol. The smallest absolute Gasteiger partial charge is 0.147 e. The molecule has 1 heterocycles. The number of aryl methyl sites for hydroxylation is 1. The molecule has 0 atom stereocenters. The van der Waals surface area contributed by atoms with Crippen LogP contribution < -0.4 is 5.32 Å². The number of nitrogens with zero attached hydrogens (tertiary/aromatic N) is 2. The summed E-state index contributed by atoms with van der Waals surface area (Å²) in [6, 6.07) is 6.04. The minimum absolute atomic E-state index is 0.197. The lowest BCUT2D eigenvalue weighted by molar-refractivity contribution is 0.522. The summed E-state index contributed by atoms with van der Waals surface area (Å²) in [6.07, 6.45) is 8.58. The van der Waals surface area contributed by atoms with Gasteiger partial charge < -0.3 is 9.88 Å². The van der Waals surface area contributed by atoms with Crippen molar-refractivity contribution in [2.24, 2.45) is 0 Å². The molecule has 1 aromatic heterocycles. The minimum Gasteiger partial charge on any atom is -0.310 e. The summed E-state index contributed by atoms with van der Waals surface area (Å²) >= 11 is 0. The van der Waals surface area contributed by atoms with Gasteiger partial charge in [-0.1, -0.05) is 18.9 Å². The van der Waals surface area contributed by atoms with Gasteiger partial charge in [-0.2, -0.15) is 0 Å². The van der Waals surface area contributed by atoms with Crippen LogP contribution in [0, 0.1) is 12.7 Å². The topological polar surface area (TPSA) is 29.9 Å². The fourth-order valence-corrected chi connectivity index (χ4v) is 2.88. The van der Waals surface area contributed by atoms with Gasteiger partial charge in [-0.15, -0.1) is 0 Å². The van der Waals surface area contributed by atoms with Gasteiger partial charge in [-0.3, -0.25) is 0 Å². The van der Waals surface area contributed by atoms with Crippen LogP contribution in [0.5, 0.6) is 0 Å². The van der Waals surface area contributed by atoms with Crippen LogP contribution >= 0.6 is 0 Å². The summed E-state index contributed by atoms with van der Waals surface area (Å²) < 4.78 is 16.0. The number of nitrogens with one attached hydrogen (secondary N) is 1. The molecule has 0 aliphatic heterocycles. The molecule has 106 valence electrons. The van der Waals surface area contributed by atoms with Gasteiger partial charge in [0.1, 0.15) is 11.6 Å². The Hall–Kier alpha value is -1.68. The Morgan fingerprint density at radius 3 is 2.80 bits per heavy atom. The maximum atomic E-state index is 14.2. The molecule has 1 aromatic carbocycles. The molecule has 3 nitrogen and oxygen atoms in total. The predicted octanol–water partition coefficient (Wildman–Crippen LogP) is 3.35. The third kappa shape index (κ3) is 2.75. The quantitative estimate of drug-likeness (QED) is 0.925. The molecule has 0 radical (unpaired) electrons. The summed E-state index contributed by atoms with van der Waals surface area (Å²) in [6.45, 7) is 2.61. The van der Waals surface area contributed by atoms with Crippen molar-refractivity contribution in [3.63, 3.8) is 0 Å². The number of imidazole rings is 1. The number of hydrogen-bond acceptors (Lipinski definition) is 2. The summed E-state index contributed by atoms with van der Waals surface area (Å²) in [5.41, 5.74) is 1.56. The van der Waals surface area contributed by atoms with E-state index in [1.807, 2.05) is 19.1 Å². The van der Waals surface area contributed by atoms with Crippen LogP contribution in [-0.4, -0.2) is 15.6 Å². The van der Waals surface area contributed by atoms with E-state index in [9.17, 15) is 4.39 Å². The number of aromatic nitrogens is 2. The van der Waals surface area contributed by atoms with Crippen LogP contribution in [0.25, 0.3) is 5.69 Å². The van der Waals surface area contributed by atoms with Crippen LogP contribution in [0.2, 0.25) is 0 Å². The zero-order valence-corrected chi connectivity index (χ0v) is 11.8. The van der Waals surface area contributed by atoms with E-state index in [0.717, 1.165) is 17.9 Å². The lowest BCUT2D eigenvalue weighted by Crippen LogP contribution is -2.25. The monoisotopic (exact) mass is 273 g/mol. The molecule has 1 aliphatic carbocycles. The zero-order chi connectivity index (χ0) is 13.9. The first kappa shape index (κ1) is 13.3. The second-order valence-electron chi connectivity index (χ2n) is 5.49. The fourth-order valence-electron chi connectivity index (χ4n) is 2.88. The third-order valence-electron chi connectivity index (χ3n) is 4.05. The Kier molecular flexibility index (Phi) is 3.83. The maximum Gasteiger partial charge on any atom is 0.147 e. The van der Waals surface area contributed by atoms with Gasteiger partial charge >= 0.3 is 0 Å². The summed E-state index contributed by atoms with van der Waals surface area (Å²) in [4.78, 5) is 4.13. The summed E-state index contributed by atoms with van der Waals surface area (Å²) in [7, 11) is 0. The van der Waals surface area contributed by atoms with Gasteiger partial charge in [0, 0.05) is 25.0 Å². The van der Waals surface area contributed by atoms with Crippen LogP contribution in [0.4, 0.5) is 4.39 Å². The second kappa shape index (κ2) is 5.75. The second-order valence-corrected chi connectivity index (χ2v) is 5.49. The molecule has 0 bridgehead atoms. The van der Waals surface area contributed by atoms with Crippen LogP contribution in [0.1, 0.15) is 37.1 Å². The van der Waals surface area contributed by atoms with E-state index < -0.39 is 0 Å². The molecule has 1 aliphatic rings. The van der Waals surface area contributed by atoms with Gasteiger partial charge in [-0.05, 0) is 37.5 Å². The highest BCUT2D eigenvalue weighted by atomic mass is 19.1. The van der Waals surface area contributed by atoms with Crippen molar-refractivity contribution in [2.75, 3.05) is 0 Å². The molecule has 2 aromatic rings. The first-order valence-corrected chi connectivity index (χ1v) is 7.26. The summed E-state index contributed by atoms with van der Waals surface area (Å²) in [5, 5.41) is 3.50. The standard InChI is InChI=1S/C16H20FN3/c1-12-18-8-9-20(12)16-7-6-13(10-15(16)17)11-19-14-4-2-3-5-14/h6-10,14,19H,2-5,11H2,1H3. The Bertz CT molecular complexity index is 585. The van der Waals surface area contributed by atoms with Crippen molar-refractivity contribution >= 4 is 0 Å². The Balaban J connectivity index is 1.72. The Morgan fingerprint density at radius 2 is 2.15 bits per heavy atom. The lowest BCUT2D eigenvalue weighted by atomic mass is 10.1. The number of halogens is 1. The molecule has 1 N–H and O–H groups in total. The largest absolute Gasteiger partial charge is 0.310 e. The van der Waals surface area contributed by atoms with Gasteiger partial charge in [-0.25, -0.2) is 9.37 Å². The first-order chi connectivity index (χ1) is 9.74. The number of benzene rings is 1. The van der Waals surface area contributed by atoms with Gasteiger partial charge in [0.15, 0.2) is 0 Å². The van der Waals surface area contributed by atoms with Crippen LogP contribution in [0.3, 0.4) is 0 Å². The third-order valence-corrected chi connectivity index (χ3v) is 4.05. The molecule has 20 heavy (non-hydrogen) atoms. The molecule has 0 saturated heterocycles. The Labute approximate surface area is 118 Å². The van der Waals surface area contributed by atoms with E-state index in [1.54, 1.807) is 23.0 Å².